The average Bonchev–Trinajstić information content (AvgIpc) is 2.29. The van der Waals surface area contributed by atoms with Crippen molar-refractivity contribution in [3.8, 4) is 0 Å². The minimum Gasteiger partial charge on any atom is -0.465 e. The first kappa shape index (κ1) is 17.1. The zero-order chi connectivity index (χ0) is 15.6. The number of nitrogens with one attached hydrogen (secondary N) is 1. The summed E-state index contributed by atoms with van der Waals surface area (Å²) in [6, 6.07) is 5.03. The average molecular weight is 320 g/mol. The number of aliphatic hydroxyl groups excluding tert-OH is 1. The van der Waals surface area contributed by atoms with Crippen LogP contribution in [-0.2, 0) is 6.42 Å². The zero-order valence-corrected chi connectivity index (χ0v) is 13.2. The molecule has 0 aliphatic heterocycles. The van der Waals surface area contributed by atoms with E-state index in [9.17, 15) is 9.90 Å². The molecular formula is C14H19Cl2NO3. The number of hydrogen-bond acceptors (Lipinski definition) is 2. The molecule has 0 aromatic heterocycles. The maximum absolute atomic E-state index is 11.1. The van der Waals surface area contributed by atoms with Crippen molar-refractivity contribution in [2.24, 2.45) is 5.41 Å². The Balaban J connectivity index is 3.21. The van der Waals surface area contributed by atoms with Crippen LogP contribution in [0.25, 0.3) is 0 Å². The highest BCUT2D eigenvalue weighted by molar-refractivity contribution is 6.35. The molecule has 0 saturated carbocycles. The summed E-state index contributed by atoms with van der Waals surface area (Å²) < 4.78 is 0. The largest absolute Gasteiger partial charge is 0.465 e. The van der Waals surface area contributed by atoms with E-state index in [0.29, 0.717) is 10.0 Å². The van der Waals surface area contributed by atoms with Crippen LogP contribution < -0.4 is 5.32 Å². The molecule has 0 heterocycles. The van der Waals surface area contributed by atoms with Crippen molar-refractivity contribution in [2.75, 3.05) is 6.61 Å². The fourth-order valence-corrected chi connectivity index (χ4v) is 2.50. The Hall–Kier alpha value is -0.970. The van der Waals surface area contributed by atoms with Crippen LogP contribution in [0.5, 0.6) is 0 Å². The van der Waals surface area contributed by atoms with Gasteiger partial charge in [-0.1, -0.05) is 50.0 Å². The number of aliphatic hydroxyl groups is 1. The van der Waals surface area contributed by atoms with Crippen molar-refractivity contribution in [3.05, 3.63) is 33.8 Å². The van der Waals surface area contributed by atoms with Crippen LogP contribution in [0.3, 0.4) is 0 Å². The van der Waals surface area contributed by atoms with Gasteiger partial charge in [-0.05, 0) is 29.5 Å². The third kappa shape index (κ3) is 3.78. The van der Waals surface area contributed by atoms with Crippen LogP contribution in [-0.4, -0.2) is 28.5 Å². The Morgan fingerprint density at radius 1 is 1.30 bits per heavy atom. The first-order valence-electron chi connectivity index (χ1n) is 6.17. The fraction of sp³-hybridized carbons (Fsp3) is 0.500. The topological polar surface area (TPSA) is 69.6 Å². The van der Waals surface area contributed by atoms with Gasteiger partial charge in [0.15, 0.2) is 0 Å². The SMILES string of the molecule is CC(C)(C)[C@](CO)(Cc1ccc(Cl)cc1Cl)NC(=O)O. The van der Waals surface area contributed by atoms with Gasteiger partial charge in [0, 0.05) is 10.0 Å². The van der Waals surface area contributed by atoms with Crippen molar-refractivity contribution in [3.63, 3.8) is 0 Å². The standard InChI is InChI=1S/C14H19Cl2NO3/c1-13(2,3)14(8-18,17-12(19)20)7-9-4-5-10(15)6-11(9)16/h4-6,17-18H,7-8H2,1-3H3,(H,19,20)/t14-/m1/s1. The first-order valence-corrected chi connectivity index (χ1v) is 6.93. The molecule has 0 aliphatic carbocycles. The number of benzene rings is 1. The molecule has 1 amide bonds. The molecule has 1 rings (SSSR count). The minimum absolute atomic E-state index is 0.273. The van der Waals surface area contributed by atoms with Gasteiger partial charge in [-0.15, -0.1) is 0 Å². The van der Waals surface area contributed by atoms with E-state index in [-0.39, 0.29) is 13.0 Å². The lowest BCUT2D eigenvalue weighted by atomic mass is 9.70. The van der Waals surface area contributed by atoms with E-state index >= 15 is 0 Å². The molecule has 20 heavy (non-hydrogen) atoms. The van der Waals surface area contributed by atoms with Crippen LogP contribution in [0, 0.1) is 5.41 Å². The van der Waals surface area contributed by atoms with Crippen LogP contribution in [0.4, 0.5) is 4.79 Å². The molecule has 0 fully saturated rings. The number of carbonyl (C=O) groups is 1. The summed E-state index contributed by atoms with van der Waals surface area (Å²) in [6.07, 6.45) is -0.908. The summed E-state index contributed by atoms with van der Waals surface area (Å²) in [6.45, 7) is 5.26. The normalized spacial score (nSPS) is 14.7. The van der Waals surface area contributed by atoms with E-state index in [4.69, 9.17) is 28.3 Å². The van der Waals surface area contributed by atoms with Gasteiger partial charge in [-0.2, -0.15) is 0 Å². The van der Waals surface area contributed by atoms with E-state index < -0.39 is 17.0 Å². The zero-order valence-electron chi connectivity index (χ0n) is 11.7. The highest BCUT2D eigenvalue weighted by Crippen LogP contribution is 2.35. The molecule has 3 N–H and O–H groups in total. The molecule has 4 nitrogen and oxygen atoms in total. The van der Waals surface area contributed by atoms with Gasteiger partial charge in [0.2, 0.25) is 0 Å². The maximum Gasteiger partial charge on any atom is 0.405 e. The summed E-state index contributed by atoms with van der Waals surface area (Å²) in [5.41, 5.74) is -0.798. The van der Waals surface area contributed by atoms with Crippen molar-refractivity contribution < 1.29 is 15.0 Å². The number of rotatable bonds is 4. The van der Waals surface area contributed by atoms with Crippen molar-refractivity contribution in [1.82, 2.24) is 5.32 Å². The molecule has 0 spiro atoms. The van der Waals surface area contributed by atoms with E-state index in [0.717, 1.165) is 5.56 Å². The van der Waals surface area contributed by atoms with Crippen LogP contribution in [0.2, 0.25) is 10.0 Å². The van der Waals surface area contributed by atoms with Crippen molar-refractivity contribution in [2.45, 2.75) is 32.7 Å². The monoisotopic (exact) mass is 319 g/mol. The Kier molecular flexibility index (Phi) is 5.30. The molecule has 6 heteroatoms. The van der Waals surface area contributed by atoms with E-state index in [1.54, 1.807) is 18.2 Å². The van der Waals surface area contributed by atoms with Crippen molar-refractivity contribution >= 4 is 29.3 Å². The van der Waals surface area contributed by atoms with Gasteiger partial charge in [0.1, 0.15) is 0 Å². The Labute approximate surface area is 128 Å². The second kappa shape index (κ2) is 6.20. The highest BCUT2D eigenvalue weighted by atomic mass is 35.5. The van der Waals surface area contributed by atoms with Crippen LogP contribution >= 0.6 is 23.2 Å². The molecule has 0 unspecified atom stereocenters. The molecule has 1 aromatic carbocycles. The van der Waals surface area contributed by atoms with Gasteiger partial charge in [0.05, 0.1) is 12.1 Å². The van der Waals surface area contributed by atoms with Crippen LogP contribution in [0.1, 0.15) is 26.3 Å². The minimum atomic E-state index is -1.18. The lowest BCUT2D eigenvalue weighted by Crippen LogP contribution is -2.61. The predicted octanol–water partition coefficient (Wildman–Crippen LogP) is 3.58. The summed E-state index contributed by atoms with van der Waals surface area (Å²) in [5, 5.41) is 22.2. The van der Waals surface area contributed by atoms with Crippen LogP contribution in [0.15, 0.2) is 18.2 Å². The van der Waals surface area contributed by atoms with E-state index in [1.807, 2.05) is 20.8 Å². The summed E-state index contributed by atoms with van der Waals surface area (Å²) in [5.74, 6) is 0. The summed E-state index contributed by atoms with van der Waals surface area (Å²) >= 11 is 12.0. The molecular weight excluding hydrogens is 301 g/mol. The van der Waals surface area contributed by atoms with E-state index in [2.05, 4.69) is 5.32 Å². The Bertz CT molecular complexity index is 500. The summed E-state index contributed by atoms with van der Waals surface area (Å²) in [7, 11) is 0. The lowest BCUT2D eigenvalue weighted by Gasteiger charge is -2.43. The third-order valence-electron chi connectivity index (χ3n) is 3.56. The molecule has 0 aliphatic rings. The first-order chi connectivity index (χ1) is 9.11. The van der Waals surface area contributed by atoms with Gasteiger partial charge >= 0.3 is 6.09 Å². The van der Waals surface area contributed by atoms with Crippen molar-refractivity contribution in [1.29, 1.82) is 0 Å². The number of amides is 1. The molecule has 1 atom stereocenters. The van der Waals surface area contributed by atoms with Gasteiger partial charge < -0.3 is 15.5 Å². The molecule has 0 radical (unpaired) electrons. The Morgan fingerprint density at radius 3 is 2.30 bits per heavy atom. The molecule has 0 saturated heterocycles. The molecule has 0 bridgehead atoms. The number of halogens is 2. The van der Waals surface area contributed by atoms with Gasteiger partial charge in [-0.25, -0.2) is 4.79 Å². The van der Waals surface area contributed by atoms with Gasteiger partial charge in [0.25, 0.3) is 0 Å². The smallest absolute Gasteiger partial charge is 0.405 e. The van der Waals surface area contributed by atoms with E-state index in [1.165, 1.54) is 0 Å². The predicted molar refractivity (Wildman–Crippen MR) is 80.6 cm³/mol. The summed E-state index contributed by atoms with van der Waals surface area (Å²) in [4.78, 5) is 11.1. The fourth-order valence-electron chi connectivity index (χ4n) is 2.02. The maximum atomic E-state index is 11.1. The lowest BCUT2D eigenvalue weighted by molar-refractivity contribution is 0.0586. The molecule has 112 valence electrons. The number of hydrogen-bond donors (Lipinski definition) is 3. The third-order valence-corrected chi connectivity index (χ3v) is 4.15. The second-order valence-electron chi connectivity index (χ2n) is 5.83. The highest BCUT2D eigenvalue weighted by Gasteiger charge is 2.43. The Morgan fingerprint density at radius 2 is 1.90 bits per heavy atom. The molecule has 1 aromatic rings. The quantitative estimate of drug-likeness (QED) is 0.794. The van der Waals surface area contributed by atoms with Gasteiger partial charge in [-0.3, -0.25) is 0 Å². The second-order valence-corrected chi connectivity index (χ2v) is 6.68. The number of carboxylic acid groups (broad SMARTS) is 1.